The van der Waals surface area contributed by atoms with Crippen molar-refractivity contribution < 1.29 is 9.53 Å². The smallest absolute Gasteiger partial charge is 0.271 e. The number of amides is 1. The van der Waals surface area contributed by atoms with Crippen LogP contribution in [0.15, 0.2) is 42.7 Å². The normalized spacial score (nSPS) is 10.1. The minimum absolute atomic E-state index is 0.241. The molecule has 0 bridgehead atoms. The Morgan fingerprint density at radius 2 is 2.00 bits per heavy atom. The summed E-state index contributed by atoms with van der Waals surface area (Å²) in [6.07, 6.45) is 2.99. The minimum Gasteiger partial charge on any atom is -0.383 e. The van der Waals surface area contributed by atoms with E-state index in [0.29, 0.717) is 31.2 Å². The monoisotopic (exact) mass is 286 g/mol. The van der Waals surface area contributed by atoms with E-state index >= 15 is 0 Å². The highest BCUT2D eigenvalue weighted by Gasteiger charge is 2.07. The third-order valence-corrected chi connectivity index (χ3v) is 2.79. The van der Waals surface area contributed by atoms with Crippen LogP contribution in [0.1, 0.15) is 16.1 Å². The number of nitrogens with one attached hydrogen (secondary N) is 2. The van der Waals surface area contributed by atoms with E-state index < -0.39 is 0 Å². The van der Waals surface area contributed by atoms with Gasteiger partial charge in [0.1, 0.15) is 11.5 Å². The third kappa shape index (κ3) is 4.85. The van der Waals surface area contributed by atoms with E-state index in [2.05, 4.69) is 20.6 Å². The second-order valence-electron chi connectivity index (χ2n) is 4.37. The van der Waals surface area contributed by atoms with Crippen LogP contribution in [0, 0.1) is 0 Å². The van der Waals surface area contributed by atoms with Gasteiger partial charge in [-0.25, -0.2) is 9.97 Å². The Bertz CT molecular complexity index is 558. The minimum atomic E-state index is -0.241. The number of benzene rings is 1. The Morgan fingerprint density at radius 3 is 2.67 bits per heavy atom. The quantitative estimate of drug-likeness (QED) is 0.754. The van der Waals surface area contributed by atoms with E-state index in [1.165, 1.54) is 12.4 Å². The lowest BCUT2D eigenvalue weighted by atomic mass is 10.2. The number of carbonyl (C=O) groups is 1. The molecular formula is C15H18N4O2. The van der Waals surface area contributed by atoms with Crippen LogP contribution in [0.2, 0.25) is 0 Å². The van der Waals surface area contributed by atoms with Gasteiger partial charge >= 0.3 is 0 Å². The first-order valence-electron chi connectivity index (χ1n) is 6.66. The van der Waals surface area contributed by atoms with Gasteiger partial charge in [-0.15, -0.1) is 0 Å². The summed E-state index contributed by atoms with van der Waals surface area (Å²) in [6, 6.07) is 9.71. The number of anilines is 1. The molecule has 1 amide bonds. The molecule has 0 aliphatic carbocycles. The van der Waals surface area contributed by atoms with Gasteiger partial charge < -0.3 is 15.4 Å². The first-order chi connectivity index (χ1) is 10.3. The van der Waals surface area contributed by atoms with Crippen molar-refractivity contribution in [1.29, 1.82) is 0 Å². The molecular weight excluding hydrogens is 268 g/mol. The highest BCUT2D eigenvalue weighted by Crippen LogP contribution is 2.02. The highest BCUT2D eigenvalue weighted by molar-refractivity contribution is 5.91. The summed E-state index contributed by atoms with van der Waals surface area (Å²) in [5.41, 5.74) is 1.33. The highest BCUT2D eigenvalue weighted by atomic mass is 16.5. The number of aromatic nitrogens is 2. The van der Waals surface area contributed by atoms with Gasteiger partial charge in [0, 0.05) is 20.2 Å². The van der Waals surface area contributed by atoms with Gasteiger partial charge in [0.15, 0.2) is 0 Å². The Labute approximate surface area is 123 Å². The van der Waals surface area contributed by atoms with Gasteiger partial charge in [-0.1, -0.05) is 30.3 Å². The molecule has 1 aromatic heterocycles. The molecule has 0 radical (unpaired) electrons. The molecule has 2 N–H and O–H groups in total. The average Bonchev–Trinajstić information content (AvgIpc) is 2.54. The number of nitrogens with zero attached hydrogens (tertiary/aromatic N) is 2. The van der Waals surface area contributed by atoms with E-state index in [1.54, 1.807) is 7.11 Å². The Balaban J connectivity index is 1.85. The Morgan fingerprint density at radius 1 is 1.19 bits per heavy atom. The molecule has 0 saturated heterocycles. The SMILES string of the molecule is COCCNc1cnc(C(=O)NCc2ccccc2)cn1. The molecule has 6 nitrogen and oxygen atoms in total. The maximum absolute atomic E-state index is 11.9. The summed E-state index contributed by atoms with van der Waals surface area (Å²) in [5.74, 6) is 0.376. The molecule has 0 aliphatic heterocycles. The summed E-state index contributed by atoms with van der Waals surface area (Å²) in [4.78, 5) is 20.2. The number of carbonyl (C=O) groups excluding carboxylic acids is 1. The van der Waals surface area contributed by atoms with Crippen molar-refractivity contribution in [2.24, 2.45) is 0 Å². The summed E-state index contributed by atoms with van der Waals surface area (Å²) < 4.78 is 4.92. The van der Waals surface area contributed by atoms with Gasteiger partial charge in [-0.05, 0) is 5.56 Å². The lowest BCUT2D eigenvalue weighted by molar-refractivity contribution is 0.0945. The topological polar surface area (TPSA) is 76.1 Å². The first kappa shape index (κ1) is 14.9. The number of hydrogen-bond donors (Lipinski definition) is 2. The number of ether oxygens (including phenoxy) is 1. The van der Waals surface area contributed by atoms with Crippen molar-refractivity contribution in [2.75, 3.05) is 25.6 Å². The molecule has 0 fully saturated rings. The van der Waals surface area contributed by atoms with Crippen LogP contribution >= 0.6 is 0 Å². The summed E-state index contributed by atoms with van der Waals surface area (Å²) >= 11 is 0. The van der Waals surface area contributed by atoms with Crippen molar-refractivity contribution in [2.45, 2.75) is 6.54 Å². The average molecular weight is 286 g/mol. The summed E-state index contributed by atoms with van der Waals surface area (Å²) in [5, 5.41) is 5.84. The van der Waals surface area contributed by atoms with Gasteiger partial charge in [-0.2, -0.15) is 0 Å². The fourth-order valence-corrected chi connectivity index (χ4v) is 1.69. The molecule has 110 valence electrons. The molecule has 2 aromatic rings. The second-order valence-corrected chi connectivity index (χ2v) is 4.37. The van der Waals surface area contributed by atoms with Crippen LogP contribution in [-0.2, 0) is 11.3 Å². The molecule has 0 aliphatic rings. The zero-order valence-corrected chi connectivity index (χ0v) is 11.9. The molecule has 2 rings (SSSR count). The second kappa shape index (κ2) is 7.96. The zero-order chi connectivity index (χ0) is 14.9. The molecule has 1 heterocycles. The van der Waals surface area contributed by atoms with E-state index in [1.807, 2.05) is 30.3 Å². The van der Waals surface area contributed by atoms with Crippen molar-refractivity contribution >= 4 is 11.7 Å². The van der Waals surface area contributed by atoms with E-state index in [9.17, 15) is 4.79 Å². The van der Waals surface area contributed by atoms with Crippen LogP contribution in [0.4, 0.5) is 5.82 Å². The summed E-state index contributed by atoms with van der Waals surface area (Å²) in [6.45, 7) is 1.70. The molecule has 0 unspecified atom stereocenters. The van der Waals surface area contributed by atoms with Crippen molar-refractivity contribution in [1.82, 2.24) is 15.3 Å². The molecule has 6 heteroatoms. The van der Waals surface area contributed by atoms with Crippen molar-refractivity contribution in [3.05, 3.63) is 54.0 Å². The van der Waals surface area contributed by atoms with Gasteiger partial charge in [0.25, 0.3) is 5.91 Å². The van der Waals surface area contributed by atoms with E-state index in [4.69, 9.17) is 4.74 Å². The van der Waals surface area contributed by atoms with Crippen molar-refractivity contribution in [3.8, 4) is 0 Å². The summed E-state index contributed by atoms with van der Waals surface area (Å²) in [7, 11) is 1.63. The molecule has 0 spiro atoms. The fourth-order valence-electron chi connectivity index (χ4n) is 1.69. The Kier molecular flexibility index (Phi) is 5.66. The van der Waals surface area contributed by atoms with E-state index in [0.717, 1.165) is 5.56 Å². The zero-order valence-electron chi connectivity index (χ0n) is 11.9. The van der Waals surface area contributed by atoms with Crippen LogP contribution in [-0.4, -0.2) is 36.1 Å². The van der Waals surface area contributed by atoms with Gasteiger partial charge in [0.05, 0.1) is 19.0 Å². The third-order valence-electron chi connectivity index (χ3n) is 2.79. The number of rotatable bonds is 7. The standard InChI is InChI=1S/C15H18N4O2/c1-21-8-7-16-14-11-17-13(10-18-14)15(20)19-9-12-5-3-2-4-6-12/h2-6,10-11H,7-9H2,1H3,(H,16,18)(H,19,20). The largest absolute Gasteiger partial charge is 0.383 e. The van der Waals surface area contributed by atoms with Crippen LogP contribution < -0.4 is 10.6 Å². The van der Waals surface area contributed by atoms with Gasteiger partial charge in [0.2, 0.25) is 0 Å². The molecule has 1 aromatic carbocycles. The lowest BCUT2D eigenvalue weighted by Gasteiger charge is -2.06. The number of hydrogen-bond acceptors (Lipinski definition) is 5. The van der Waals surface area contributed by atoms with Crippen LogP contribution in [0.25, 0.3) is 0 Å². The van der Waals surface area contributed by atoms with Crippen LogP contribution in [0.5, 0.6) is 0 Å². The fraction of sp³-hybridized carbons (Fsp3) is 0.267. The maximum atomic E-state index is 11.9. The first-order valence-corrected chi connectivity index (χ1v) is 6.66. The molecule has 21 heavy (non-hydrogen) atoms. The van der Waals surface area contributed by atoms with Gasteiger partial charge in [-0.3, -0.25) is 4.79 Å². The van der Waals surface area contributed by atoms with Crippen LogP contribution in [0.3, 0.4) is 0 Å². The predicted molar refractivity (Wildman–Crippen MR) is 80.0 cm³/mol. The van der Waals surface area contributed by atoms with Crippen molar-refractivity contribution in [3.63, 3.8) is 0 Å². The Hall–Kier alpha value is -2.47. The molecule has 0 atom stereocenters. The predicted octanol–water partition coefficient (Wildman–Crippen LogP) is 1.46. The van der Waals surface area contributed by atoms with E-state index in [-0.39, 0.29) is 5.91 Å². The lowest BCUT2D eigenvalue weighted by Crippen LogP contribution is -2.24. The molecule has 0 saturated carbocycles. The number of methoxy groups -OCH3 is 1. The maximum Gasteiger partial charge on any atom is 0.271 e.